The zero-order valence-corrected chi connectivity index (χ0v) is 77.6. The summed E-state index contributed by atoms with van der Waals surface area (Å²) in [6.45, 7) is 30.9. The molecule has 10 aromatic rings. The number of nitrogens with zero attached hydrogens (tertiary/aromatic N) is 14. The molecule has 2 radical (unpaired) electrons. The third-order valence-electron chi connectivity index (χ3n) is 17.7. The summed E-state index contributed by atoms with van der Waals surface area (Å²) < 4.78 is 86.9. The fourth-order valence-electron chi connectivity index (χ4n) is 11.3. The molecule has 4 unspecified atom stereocenters. The van der Waals surface area contributed by atoms with Gasteiger partial charge in [0.2, 0.25) is 6.29 Å². The van der Waals surface area contributed by atoms with Crippen molar-refractivity contribution in [1.29, 1.82) is 0 Å². The number of fused-ring (bicyclic) bond motifs is 3. The van der Waals surface area contributed by atoms with Crippen LogP contribution in [0.3, 0.4) is 0 Å². The number of aldehydes is 1. The van der Waals surface area contributed by atoms with Crippen LogP contribution in [-0.4, -0.2) is 219 Å². The van der Waals surface area contributed by atoms with Crippen LogP contribution in [0.5, 0.6) is 28.7 Å². The molecule has 29 nitrogen and oxygen atoms in total. The van der Waals surface area contributed by atoms with Gasteiger partial charge in [0, 0.05) is 147 Å². The van der Waals surface area contributed by atoms with Crippen molar-refractivity contribution in [3.05, 3.63) is 160 Å². The number of rotatable bonds is 17. The van der Waals surface area contributed by atoms with E-state index in [0.717, 1.165) is 136 Å². The summed E-state index contributed by atoms with van der Waals surface area (Å²) in [7, 11) is 8.07. The van der Waals surface area contributed by atoms with Gasteiger partial charge in [-0.1, -0.05) is 23.4 Å². The number of halogens is 4. The number of imidazole rings is 1. The van der Waals surface area contributed by atoms with Gasteiger partial charge in [-0.05, 0) is 159 Å². The van der Waals surface area contributed by atoms with Gasteiger partial charge in [-0.15, -0.1) is 0 Å². The summed E-state index contributed by atoms with van der Waals surface area (Å²) in [5.41, 5.74) is 21.5. The Bertz CT molecular complexity index is 4700. The number of hydrogen-bond acceptors (Lipinski definition) is 26. The van der Waals surface area contributed by atoms with Crippen LogP contribution in [-0.2, 0) is 51.0 Å². The van der Waals surface area contributed by atoms with E-state index in [1.165, 1.54) is 38.5 Å². The molecular weight excluding hydrogens is 1710 g/mol. The Kier molecular flexibility index (Phi) is 45.8. The molecule has 4 atom stereocenters. The maximum absolute atomic E-state index is 11.7. The smallest absolute Gasteiger partial charge is 0.446 e. The summed E-state index contributed by atoms with van der Waals surface area (Å²) in [5.74, 6) is 7.13. The fourth-order valence-corrected chi connectivity index (χ4v) is 14.0. The number of Topliss-reactive ketones (excluding diaryl/α,β-unsaturated/α-hetero) is 1. The SMILES string of the molecule is C.C1CCOC1.C1CCOC1.CCC[CH2][In][CH3].COc1ccn2cc(C3CC3c3nc4c(C)ncc(C)n4n3)nc2c1C.COc1ccnc(CC(=O)OC(C)(C)C)c1.COc1ccnc(CC(=O)OC(C)(C)C)c1C.COc1ccnc(N)c1.COc1ccnc(N)c1C.Cc1ncc(C)n2nc(C3CC3C(=O)CBr)nc12.O=CC(F)(F)F.[Li]. The standard InChI is InChI=1S/C19H20N6O.C13H19NO3.C12H13BrN4O.C12H17NO3.C7H10N2O.C6H8N2O.2C4H8O.C4H9.C2HF3O.CH4.CH3.In.Li/c1-10-8-20-12(3)19-22-17(23-25(10)19)14-7-13(14)15-9-24-6-5-16(26-4)11(2)18(24)21-15;1-9-10(14-7-6-11(9)16-5)8-12(15)17-13(2,3)4;1-6-5-14-7(2)12-15-11(16-17(6)12)9-3-8(9)10(18)4-13;1-12(2,3)16-11(14)8-9-7-10(15-4)5-6-13-9;1-5-6(10-2)3-4-9-7(5)8;1-9-5-2-3-8-6(7)4-5;2*1-2-4-5-3-1;1-3-4-2;3-2(4,5)1-6;;;;/h5-6,8-9,13-14H,7H2,1-4H3;6-7H,8H2,1-5H3;5,8-9H,3-4H2,1-2H3;5-7H,8H2,1-4H3;3-4H,1-2H3,(H2,8,9);2-4H,1H3,(H2,7,8);2*1-4H2;1,3-4H2,2H3;1H;1H4;1H3;;. The molecule has 4 N–H and O–H groups in total. The van der Waals surface area contributed by atoms with Crippen LogP contribution in [0.2, 0.25) is 8.86 Å². The van der Waals surface area contributed by atoms with E-state index in [4.69, 9.17) is 74.0 Å². The van der Waals surface area contributed by atoms with E-state index >= 15 is 0 Å². The molecule has 35 heteroatoms. The topological polar surface area (TPSA) is 358 Å². The zero-order valence-electron chi connectivity index (χ0n) is 72.7. The average molecular weight is 1830 g/mol. The van der Waals surface area contributed by atoms with Crippen molar-refractivity contribution in [2.24, 2.45) is 5.92 Å². The van der Waals surface area contributed by atoms with E-state index < -0.39 is 23.7 Å². The minimum atomic E-state index is -4.64. The molecule has 120 heavy (non-hydrogen) atoms. The minimum absolute atomic E-state index is 0. The predicted octanol–water partition coefficient (Wildman–Crippen LogP) is 15.2. The molecule has 2 saturated carbocycles. The van der Waals surface area contributed by atoms with E-state index in [1.807, 2.05) is 117 Å². The number of ketones is 1. The maximum atomic E-state index is 11.7. The van der Waals surface area contributed by atoms with Crippen molar-refractivity contribution >= 4 is 110 Å². The van der Waals surface area contributed by atoms with Gasteiger partial charge in [-0.2, -0.15) is 23.4 Å². The third kappa shape index (κ3) is 35.9. The monoisotopic (exact) mass is 1830 g/mol. The molecule has 2 saturated heterocycles. The van der Waals surface area contributed by atoms with Crippen LogP contribution < -0.4 is 35.2 Å². The number of anilines is 2. The minimum Gasteiger partial charge on any atom is -0.497 e. The first-order valence-electron chi connectivity index (χ1n) is 38.8. The molecule has 12 heterocycles. The summed E-state index contributed by atoms with van der Waals surface area (Å²) in [6, 6.07) is 12.4. The van der Waals surface area contributed by atoms with Gasteiger partial charge >= 0.3 is 69.6 Å². The molecule has 4 aliphatic rings. The third-order valence-corrected chi connectivity index (χ3v) is 21.1. The first-order chi connectivity index (χ1) is 56.0. The Morgan fingerprint density at radius 1 is 0.600 bits per heavy atom. The number of unbranched alkanes of at least 4 members (excludes halogenated alkanes) is 1. The molecule has 0 bridgehead atoms. The number of carbonyl (C=O) groups is 4. The number of aryl methyl sites for hydroxylation is 5. The molecule has 0 amide bonds. The number of carbonyl (C=O) groups excluding carboxylic acids is 4. The zero-order chi connectivity index (χ0) is 87.5. The second-order valence-electron chi connectivity index (χ2n) is 29.6. The van der Waals surface area contributed by atoms with Gasteiger partial charge in [0.25, 0.3) is 0 Å². The van der Waals surface area contributed by atoms with Crippen molar-refractivity contribution in [3.8, 4) is 28.7 Å². The predicted molar refractivity (Wildman–Crippen MR) is 463 cm³/mol. The molecule has 0 spiro atoms. The quantitative estimate of drug-likeness (QED) is 0.0281. The van der Waals surface area contributed by atoms with Crippen LogP contribution >= 0.6 is 15.9 Å². The molecule has 2 aliphatic carbocycles. The van der Waals surface area contributed by atoms with Crippen LogP contribution in [0.1, 0.15) is 193 Å². The van der Waals surface area contributed by atoms with E-state index in [-0.39, 0.29) is 91.6 Å². The number of methoxy groups -OCH3 is 5. The molecule has 2 aliphatic heterocycles. The Hall–Kier alpha value is -9.07. The normalized spacial score (nSPS) is 15.0. The number of pyridine rings is 5. The Morgan fingerprint density at radius 2 is 1.07 bits per heavy atom. The van der Waals surface area contributed by atoms with E-state index in [1.54, 1.807) is 107 Å². The number of aromatic nitrogens is 14. The number of nitrogen functional groups attached to an aromatic ring is 2. The van der Waals surface area contributed by atoms with E-state index in [0.29, 0.717) is 45.9 Å². The van der Waals surface area contributed by atoms with Gasteiger partial charge in [0.1, 0.15) is 63.0 Å². The van der Waals surface area contributed by atoms with Crippen molar-refractivity contribution in [1.82, 2.24) is 68.5 Å². The first-order valence-corrected chi connectivity index (χ1v) is 45.6. The summed E-state index contributed by atoms with van der Waals surface area (Å²) >= 11 is 3.26. The molecule has 0 aromatic carbocycles. The second-order valence-corrected chi connectivity index (χ2v) is 34.1. The maximum Gasteiger partial charge on any atom is 0.446 e. The number of hydrogen-bond donors (Lipinski definition) is 2. The van der Waals surface area contributed by atoms with Gasteiger partial charge in [-0.3, -0.25) is 39.1 Å². The van der Waals surface area contributed by atoms with Crippen LogP contribution in [0, 0.1) is 54.4 Å². The van der Waals surface area contributed by atoms with Crippen molar-refractivity contribution < 1.29 is 75.0 Å². The van der Waals surface area contributed by atoms with Gasteiger partial charge in [0.15, 0.2) is 22.9 Å². The number of alkyl halides is 4. The summed E-state index contributed by atoms with van der Waals surface area (Å²) in [4.78, 5) is 82.2. The van der Waals surface area contributed by atoms with Crippen LogP contribution in [0.15, 0.2) is 92.0 Å². The number of ether oxygens (including phenoxy) is 9. The molecule has 650 valence electrons. The van der Waals surface area contributed by atoms with Gasteiger partial charge in [-0.25, -0.2) is 34.0 Å². The van der Waals surface area contributed by atoms with Gasteiger partial charge in [0.05, 0.1) is 93.6 Å². The number of esters is 2. The average Bonchev–Trinajstić information content (AvgIpc) is 1.54. The second kappa shape index (κ2) is 52.3. The Labute approximate surface area is 735 Å². The van der Waals surface area contributed by atoms with Crippen molar-refractivity contribution in [3.63, 3.8) is 0 Å². The Morgan fingerprint density at radius 3 is 1.50 bits per heavy atom. The fraction of sp³-hybridized carbons (Fsp3) is 0.518. The largest absolute Gasteiger partial charge is 0.497 e. The van der Waals surface area contributed by atoms with E-state index in [2.05, 4.69) is 78.1 Å². The molecule has 4 fully saturated rings. The molecular formula is C85H120BrF3InLiN16O13. The van der Waals surface area contributed by atoms with Crippen molar-refractivity contribution in [2.75, 3.05) is 78.8 Å². The van der Waals surface area contributed by atoms with Gasteiger partial charge < -0.3 is 58.5 Å². The van der Waals surface area contributed by atoms with Crippen LogP contribution in [0.4, 0.5) is 24.8 Å². The number of nitrogens with two attached hydrogens (primary N) is 2. The van der Waals surface area contributed by atoms with Crippen LogP contribution in [0.25, 0.3) is 16.9 Å². The van der Waals surface area contributed by atoms with E-state index in [9.17, 15) is 27.6 Å². The Balaban J connectivity index is 0.000000360. The first kappa shape index (κ1) is 105. The molecule has 10 aromatic heterocycles. The van der Waals surface area contributed by atoms with Crippen molar-refractivity contribution in [2.45, 2.75) is 213 Å². The molecule has 14 rings (SSSR count). The summed E-state index contributed by atoms with van der Waals surface area (Å²) in [6.07, 6.45) is 18.7. The summed E-state index contributed by atoms with van der Waals surface area (Å²) in [5, 5.41) is 9.64.